The summed E-state index contributed by atoms with van der Waals surface area (Å²) in [7, 11) is 1.27. The second kappa shape index (κ2) is 5.61. The lowest BCUT2D eigenvalue weighted by atomic mass is 10.1. The Bertz CT molecular complexity index is 913. The maximum atomic E-state index is 12.1. The van der Waals surface area contributed by atoms with Crippen LogP contribution in [-0.2, 0) is 4.74 Å². The minimum atomic E-state index is -0.609. The zero-order valence-corrected chi connectivity index (χ0v) is 12.7. The number of benzene rings is 1. The molecule has 0 atom stereocenters. The minimum Gasteiger partial charge on any atom is -0.453 e. The summed E-state index contributed by atoms with van der Waals surface area (Å²) in [6, 6.07) is 7.32. The van der Waals surface area contributed by atoms with Crippen LogP contribution in [0.3, 0.4) is 0 Å². The van der Waals surface area contributed by atoms with Crippen LogP contribution in [0.4, 0.5) is 9.93 Å². The molecule has 112 valence electrons. The Morgan fingerprint density at radius 1 is 1.36 bits per heavy atom. The molecule has 22 heavy (non-hydrogen) atoms. The first-order valence-electron chi connectivity index (χ1n) is 6.42. The summed E-state index contributed by atoms with van der Waals surface area (Å²) in [4.78, 5) is 27.5. The van der Waals surface area contributed by atoms with Gasteiger partial charge in [0.25, 0.3) is 0 Å². The van der Waals surface area contributed by atoms with Crippen molar-refractivity contribution in [3.63, 3.8) is 0 Å². The highest BCUT2D eigenvalue weighted by molar-refractivity contribution is 7.14. The van der Waals surface area contributed by atoms with Gasteiger partial charge < -0.3 is 9.15 Å². The zero-order valence-electron chi connectivity index (χ0n) is 11.9. The van der Waals surface area contributed by atoms with Gasteiger partial charge in [-0.1, -0.05) is 11.6 Å². The fraction of sp³-hybridized carbons (Fsp3) is 0.133. The van der Waals surface area contributed by atoms with Crippen molar-refractivity contribution >= 4 is 33.5 Å². The molecule has 3 aromatic rings. The number of fused-ring (bicyclic) bond motifs is 1. The van der Waals surface area contributed by atoms with Gasteiger partial charge in [-0.3, -0.25) is 5.32 Å². The standard InChI is InChI=1S/C15H12N2O4S/c1-8-3-4-12-9(5-8)6-10(13(18)21-12)11-7-22-14(16-11)17-15(19)20-2/h3-7H,1-2H3,(H,16,17,19). The molecule has 0 aliphatic rings. The van der Waals surface area contributed by atoms with Gasteiger partial charge in [0.15, 0.2) is 5.13 Å². The Labute approximate surface area is 129 Å². The molecule has 0 aliphatic heterocycles. The smallest absolute Gasteiger partial charge is 0.413 e. The molecule has 0 fully saturated rings. The summed E-state index contributed by atoms with van der Waals surface area (Å²) in [6.07, 6.45) is -0.609. The summed E-state index contributed by atoms with van der Waals surface area (Å²) in [5, 5.41) is 5.32. The molecule has 0 saturated heterocycles. The van der Waals surface area contributed by atoms with Gasteiger partial charge in [-0.25, -0.2) is 14.6 Å². The van der Waals surface area contributed by atoms with Gasteiger partial charge in [0.2, 0.25) is 0 Å². The van der Waals surface area contributed by atoms with Gasteiger partial charge in [0.1, 0.15) is 5.58 Å². The molecule has 2 aromatic heterocycles. The van der Waals surface area contributed by atoms with Gasteiger partial charge in [-0.15, -0.1) is 11.3 Å². The highest BCUT2D eigenvalue weighted by Crippen LogP contribution is 2.25. The van der Waals surface area contributed by atoms with Gasteiger partial charge in [0.05, 0.1) is 18.4 Å². The lowest BCUT2D eigenvalue weighted by molar-refractivity contribution is 0.187. The molecular weight excluding hydrogens is 304 g/mol. The number of nitrogens with one attached hydrogen (secondary N) is 1. The number of carbonyl (C=O) groups is 1. The van der Waals surface area contributed by atoms with Gasteiger partial charge in [-0.2, -0.15) is 0 Å². The highest BCUT2D eigenvalue weighted by Gasteiger charge is 2.13. The predicted octanol–water partition coefficient (Wildman–Crippen LogP) is 3.40. The molecule has 1 amide bonds. The van der Waals surface area contributed by atoms with Crippen LogP contribution in [0, 0.1) is 6.92 Å². The van der Waals surface area contributed by atoms with E-state index in [1.54, 1.807) is 17.5 Å². The number of aromatic nitrogens is 1. The number of hydrogen-bond acceptors (Lipinski definition) is 6. The number of amides is 1. The number of hydrogen-bond donors (Lipinski definition) is 1. The van der Waals surface area contributed by atoms with Crippen molar-refractivity contribution in [2.75, 3.05) is 12.4 Å². The molecule has 0 saturated carbocycles. The van der Waals surface area contributed by atoms with Crippen LogP contribution in [0.1, 0.15) is 5.56 Å². The summed E-state index contributed by atoms with van der Waals surface area (Å²) < 4.78 is 9.81. The molecule has 1 N–H and O–H groups in total. The topological polar surface area (TPSA) is 81.4 Å². The molecule has 0 spiro atoms. The quantitative estimate of drug-likeness (QED) is 0.733. The van der Waals surface area contributed by atoms with Crippen molar-refractivity contribution in [2.24, 2.45) is 0 Å². The van der Waals surface area contributed by atoms with Crippen LogP contribution in [0.25, 0.3) is 22.2 Å². The fourth-order valence-corrected chi connectivity index (χ4v) is 2.71. The first kappa shape index (κ1) is 14.3. The SMILES string of the molecule is COC(=O)Nc1nc(-c2cc3cc(C)ccc3oc2=O)cs1. The third kappa shape index (κ3) is 2.71. The number of carbonyl (C=O) groups excluding carboxylic acids is 1. The molecule has 0 aliphatic carbocycles. The van der Waals surface area contributed by atoms with E-state index in [9.17, 15) is 9.59 Å². The van der Waals surface area contributed by atoms with E-state index in [4.69, 9.17) is 4.42 Å². The summed E-state index contributed by atoms with van der Waals surface area (Å²) in [6.45, 7) is 1.96. The lowest BCUT2D eigenvalue weighted by Crippen LogP contribution is -2.10. The predicted molar refractivity (Wildman–Crippen MR) is 84.4 cm³/mol. The molecule has 7 heteroatoms. The first-order chi connectivity index (χ1) is 10.6. The number of rotatable bonds is 2. The summed E-state index contributed by atoms with van der Waals surface area (Å²) >= 11 is 1.20. The van der Waals surface area contributed by atoms with Crippen LogP contribution >= 0.6 is 11.3 Å². The Morgan fingerprint density at radius 3 is 2.95 bits per heavy atom. The number of nitrogens with zero attached hydrogens (tertiary/aromatic N) is 1. The van der Waals surface area contributed by atoms with Crippen molar-refractivity contribution < 1.29 is 13.9 Å². The van der Waals surface area contributed by atoms with Crippen LogP contribution in [0.15, 0.2) is 38.9 Å². The van der Waals surface area contributed by atoms with Crippen molar-refractivity contribution in [3.05, 3.63) is 45.6 Å². The van der Waals surface area contributed by atoms with Crippen LogP contribution in [0.5, 0.6) is 0 Å². The van der Waals surface area contributed by atoms with Gasteiger partial charge in [-0.05, 0) is 25.1 Å². The Kier molecular flexibility index (Phi) is 3.64. The van der Waals surface area contributed by atoms with Crippen LogP contribution in [0.2, 0.25) is 0 Å². The second-order valence-electron chi connectivity index (χ2n) is 4.64. The maximum absolute atomic E-state index is 12.1. The van der Waals surface area contributed by atoms with Gasteiger partial charge in [0, 0.05) is 10.8 Å². The molecule has 0 radical (unpaired) electrons. The molecule has 0 bridgehead atoms. The average Bonchev–Trinajstić information content (AvgIpc) is 2.95. The summed E-state index contributed by atoms with van der Waals surface area (Å²) in [5.74, 6) is 0. The average molecular weight is 316 g/mol. The molecule has 1 aromatic carbocycles. The number of anilines is 1. The molecular formula is C15H12N2O4S. The summed E-state index contributed by atoms with van der Waals surface area (Å²) in [5.41, 5.74) is 1.94. The Balaban J connectivity index is 2.04. The second-order valence-corrected chi connectivity index (χ2v) is 5.50. The number of ether oxygens (including phenoxy) is 1. The van der Waals surface area contributed by atoms with E-state index in [1.807, 2.05) is 19.1 Å². The van der Waals surface area contributed by atoms with Crippen molar-refractivity contribution in [1.29, 1.82) is 0 Å². The third-order valence-electron chi connectivity index (χ3n) is 3.06. The first-order valence-corrected chi connectivity index (χ1v) is 7.30. The van der Waals surface area contributed by atoms with E-state index in [0.717, 1.165) is 10.9 Å². The van der Waals surface area contributed by atoms with E-state index >= 15 is 0 Å². The van der Waals surface area contributed by atoms with E-state index in [-0.39, 0.29) is 0 Å². The van der Waals surface area contributed by atoms with E-state index in [1.165, 1.54) is 18.4 Å². The monoisotopic (exact) mass is 316 g/mol. The largest absolute Gasteiger partial charge is 0.453 e. The third-order valence-corrected chi connectivity index (χ3v) is 3.82. The highest BCUT2D eigenvalue weighted by atomic mass is 32.1. The zero-order chi connectivity index (χ0) is 15.7. The number of methoxy groups -OCH3 is 1. The minimum absolute atomic E-state index is 0.352. The van der Waals surface area contributed by atoms with E-state index in [2.05, 4.69) is 15.0 Å². The van der Waals surface area contributed by atoms with E-state index in [0.29, 0.717) is 22.0 Å². The Morgan fingerprint density at radius 2 is 2.18 bits per heavy atom. The molecule has 2 heterocycles. The van der Waals surface area contributed by atoms with Gasteiger partial charge >= 0.3 is 11.7 Å². The molecule has 0 unspecified atom stereocenters. The van der Waals surface area contributed by atoms with Crippen molar-refractivity contribution in [3.8, 4) is 11.3 Å². The Hall–Kier alpha value is -2.67. The van der Waals surface area contributed by atoms with Crippen molar-refractivity contribution in [2.45, 2.75) is 6.92 Å². The molecule has 3 rings (SSSR count). The normalized spacial score (nSPS) is 10.6. The van der Waals surface area contributed by atoms with Crippen LogP contribution < -0.4 is 10.9 Å². The number of thiazole rings is 1. The maximum Gasteiger partial charge on any atom is 0.413 e. The number of aryl methyl sites for hydroxylation is 1. The van der Waals surface area contributed by atoms with Crippen LogP contribution in [-0.4, -0.2) is 18.2 Å². The van der Waals surface area contributed by atoms with E-state index < -0.39 is 11.7 Å². The fourth-order valence-electron chi connectivity index (χ4n) is 2.01. The lowest BCUT2D eigenvalue weighted by Gasteiger charge is -2.01. The molecule has 6 nitrogen and oxygen atoms in total. The van der Waals surface area contributed by atoms with Crippen molar-refractivity contribution in [1.82, 2.24) is 4.98 Å².